The van der Waals surface area contributed by atoms with E-state index in [1.54, 1.807) is 36.2 Å². The molecule has 0 bridgehead atoms. The van der Waals surface area contributed by atoms with Crippen LogP contribution in [-0.4, -0.2) is 57.1 Å². The number of nitrogens with zero attached hydrogens (tertiary/aromatic N) is 2. The first-order valence-electron chi connectivity index (χ1n) is 11.5. The van der Waals surface area contributed by atoms with Gasteiger partial charge in [-0.15, -0.1) is 0 Å². The minimum atomic E-state index is -0.494. The van der Waals surface area contributed by atoms with Crippen LogP contribution in [0.2, 0.25) is 0 Å². The van der Waals surface area contributed by atoms with E-state index in [0.29, 0.717) is 43.0 Å². The van der Waals surface area contributed by atoms with Gasteiger partial charge in [0.25, 0.3) is 5.91 Å². The molecule has 8 heteroatoms. The average molecular weight is 467 g/mol. The first-order valence-corrected chi connectivity index (χ1v) is 11.5. The molecule has 0 aromatic heterocycles. The predicted molar refractivity (Wildman–Crippen MR) is 126 cm³/mol. The van der Waals surface area contributed by atoms with Crippen molar-refractivity contribution in [3.63, 3.8) is 0 Å². The molecule has 2 aromatic carbocycles. The van der Waals surface area contributed by atoms with E-state index in [0.717, 1.165) is 29.7 Å². The quantitative estimate of drug-likeness (QED) is 0.606. The minimum absolute atomic E-state index is 0.0328. The van der Waals surface area contributed by atoms with Gasteiger partial charge in [0.05, 0.1) is 33.8 Å². The van der Waals surface area contributed by atoms with Gasteiger partial charge in [-0.2, -0.15) is 0 Å². The van der Waals surface area contributed by atoms with Crippen molar-refractivity contribution in [2.75, 3.05) is 39.3 Å². The molecule has 1 atom stereocenters. The fourth-order valence-electron chi connectivity index (χ4n) is 4.76. The highest BCUT2D eigenvalue weighted by molar-refractivity contribution is 5.97. The number of esters is 1. The number of piperidine rings is 1. The van der Waals surface area contributed by atoms with Gasteiger partial charge in [-0.1, -0.05) is 0 Å². The van der Waals surface area contributed by atoms with E-state index in [9.17, 15) is 14.4 Å². The Bertz CT molecular complexity index is 1080. The Hall–Kier alpha value is -3.55. The van der Waals surface area contributed by atoms with Crippen molar-refractivity contribution in [2.45, 2.75) is 38.1 Å². The topological polar surface area (TPSA) is 85.4 Å². The summed E-state index contributed by atoms with van der Waals surface area (Å²) in [5.41, 5.74) is 3.16. The number of hydrogen-bond acceptors (Lipinski definition) is 6. The number of rotatable bonds is 6. The first kappa shape index (κ1) is 23.6. The SMILES string of the molecule is COC(=O)C[C@@H]1c2cc(OC)c(OC)cc2CCN1C(=O)c1ccc(N2CCCCC2=O)cc1. The van der Waals surface area contributed by atoms with Crippen molar-refractivity contribution in [3.8, 4) is 11.5 Å². The standard InChI is InChI=1S/C26H30N2O6/c1-32-22-14-18-11-13-28(21(16-25(30)34-3)20(18)15-23(22)33-2)26(31)17-7-9-19(10-8-17)27-12-5-4-6-24(27)29/h7-10,14-15,21H,4-6,11-13,16H2,1-3H3/t21-/m1/s1. The zero-order valence-electron chi connectivity index (χ0n) is 19.8. The number of methoxy groups -OCH3 is 3. The van der Waals surface area contributed by atoms with Crippen molar-refractivity contribution >= 4 is 23.5 Å². The molecule has 0 saturated carbocycles. The lowest BCUT2D eigenvalue weighted by Gasteiger charge is -2.37. The Morgan fingerprint density at radius 2 is 1.65 bits per heavy atom. The van der Waals surface area contributed by atoms with Crippen LogP contribution in [0.25, 0.3) is 0 Å². The van der Waals surface area contributed by atoms with Gasteiger partial charge in [0.2, 0.25) is 5.91 Å². The third kappa shape index (κ3) is 4.58. The predicted octanol–water partition coefficient (Wildman–Crippen LogP) is 3.52. The van der Waals surface area contributed by atoms with Gasteiger partial charge in [0.1, 0.15) is 0 Å². The maximum atomic E-state index is 13.6. The average Bonchev–Trinajstić information content (AvgIpc) is 2.88. The molecule has 0 spiro atoms. The molecule has 1 saturated heterocycles. The Balaban J connectivity index is 1.63. The number of amides is 2. The number of fused-ring (bicyclic) bond motifs is 1. The Morgan fingerprint density at radius 3 is 2.29 bits per heavy atom. The zero-order valence-corrected chi connectivity index (χ0v) is 19.8. The highest BCUT2D eigenvalue weighted by Crippen LogP contribution is 2.40. The highest BCUT2D eigenvalue weighted by atomic mass is 16.5. The number of hydrogen-bond donors (Lipinski definition) is 0. The molecular formula is C26H30N2O6. The van der Waals surface area contributed by atoms with Crippen molar-refractivity contribution in [2.24, 2.45) is 0 Å². The molecule has 0 aliphatic carbocycles. The van der Waals surface area contributed by atoms with Crippen LogP contribution >= 0.6 is 0 Å². The summed E-state index contributed by atoms with van der Waals surface area (Å²) in [5, 5.41) is 0. The molecule has 2 aliphatic heterocycles. The van der Waals surface area contributed by atoms with Crippen LogP contribution in [0.3, 0.4) is 0 Å². The molecule has 2 aromatic rings. The second kappa shape index (κ2) is 10.2. The van der Waals surface area contributed by atoms with Crippen LogP contribution in [0.5, 0.6) is 11.5 Å². The van der Waals surface area contributed by atoms with Gasteiger partial charge in [-0.25, -0.2) is 0 Å². The minimum Gasteiger partial charge on any atom is -0.493 e. The Kier molecular flexibility index (Phi) is 7.05. The largest absolute Gasteiger partial charge is 0.493 e. The zero-order chi connectivity index (χ0) is 24.2. The Labute approximate surface area is 199 Å². The van der Waals surface area contributed by atoms with Crippen LogP contribution in [0.15, 0.2) is 36.4 Å². The van der Waals surface area contributed by atoms with E-state index in [1.165, 1.54) is 7.11 Å². The molecule has 4 rings (SSSR count). The molecule has 2 heterocycles. The van der Waals surface area contributed by atoms with E-state index < -0.39 is 12.0 Å². The highest BCUT2D eigenvalue weighted by Gasteiger charge is 2.34. The molecule has 2 aliphatic rings. The molecule has 180 valence electrons. The number of anilines is 1. The molecule has 1 fully saturated rings. The summed E-state index contributed by atoms with van der Waals surface area (Å²) in [7, 11) is 4.48. The third-order valence-corrected chi connectivity index (χ3v) is 6.60. The van der Waals surface area contributed by atoms with Gasteiger partial charge >= 0.3 is 5.97 Å². The van der Waals surface area contributed by atoms with Gasteiger partial charge < -0.3 is 24.0 Å². The van der Waals surface area contributed by atoms with E-state index in [-0.39, 0.29) is 18.2 Å². The van der Waals surface area contributed by atoms with Crippen molar-refractivity contribution in [3.05, 3.63) is 53.1 Å². The third-order valence-electron chi connectivity index (χ3n) is 6.60. The number of carbonyl (C=O) groups excluding carboxylic acids is 3. The number of benzene rings is 2. The van der Waals surface area contributed by atoms with E-state index in [4.69, 9.17) is 14.2 Å². The van der Waals surface area contributed by atoms with Crippen molar-refractivity contribution in [1.29, 1.82) is 0 Å². The summed E-state index contributed by atoms with van der Waals surface area (Å²) >= 11 is 0. The number of carbonyl (C=O) groups is 3. The van der Waals surface area contributed by atoms with Gasteiger partial charge in [-0.05, 0) is 66.8 Å². The van der Waals surface area contributed by atoms with Crippen LogP contribution in [0.1, 0.15) is 53.2 Å². The molecule has 0 radical (unpaired) electrons. The monoisotopic (exact) mass is 466 g/mol. The smallest absolute Gasteiger partial charge is 0.307 e. The molecular weight excluding hydrogens is 436 g/mol. The second-order valence-electron chi connectivity index (χ2n) is 8.50. The normalized spacial score (nSPS) is 17.7. The van der Waals surface area contributed by atoms with Gasteiger partial charge in [0, 0.05) is 30.8 Å². The molecule has 0 unspecified atom stereocenters. The van der Waals surface area contributed by atoms with Crippen molar-refractivity contribution < 1.29 is 28.6 Å². The fourth-order valence-corrected chi connectivity index (χ4v) is 4.76. The lowest BCUT2D eigenvalue weighted by molar-refractivity contribution is -0.142. The summed E-state index contributed by atoms with van der Waals surface area (Å²) in [6.45, 7) is 1.15. The van der Waals surface area contributed by atoms with Crippen LogP contribution in [-0.2, 0) is 20.7 Å². The van der Waals surface area contributed by atoms with E-state index >= 15 is 0 Å². The summed E-state index contributed by atoms with van der Waals surface area (Å²) in [6.07, 6.45) is 3.10. The second-order valence-corrected chi connectivity index (χ2v) is 8.50. The maximum absolute atomic E-state index is 13.6. The summed E-state index contributed by atoms with van der Waals surface area (Å²) in [5.74, 6) is 0.692. The van der Waals surface area contributed by atoms with Crippen LogP contribution in [0.4, 0.5) is 5.69 Å². The van der Waals surface area contributed by atoms with Crippen LogP contribution in [0, 0.1) is 0 Å². The molecule has 2 amide bonds. The summed E-state index contributed by atoms with van der Waals surface area (Å²) in [4.78, 5) is 41.6. The molecule has 34 heavy (non-hydrogen) atoms. The molecule has 0 N–H and O–H groups in total. The Morgan fingerprint density at radius 1 is 0.941 bits per heavy atom. The maximum Gasteiger partial charge on any atom is 0.307 e. The summed E-state index contributed by atoms with van der Waals surface area (Å²) < 4.78 is 15.8. The van der Waals surface area contributed by atoms with Gasteiger partial charge in [-0.3, -0.25) is 14.4 Å². The van der Waals surface area contributed by atoms with Crippen molar-refractivity contribution in [1.82, 2.24) is 4.90 Å². The lowest BCUT2D eigenvalue weighted by atomic mass is 9.89. The lowest BCUT2D eigenvalue weighted by Crippen LogP contribution is -2.41. The van der Waals surface area contributed by atoms with E-state index in [1.807, 2.05) is 24.3 Å². The van der Waals surface area contributed by atoms with Crippen LogP contribution < -0.4 is 14.4 Å². The molecule has 8 nitrogen and oxygen atoms in total. The number of ether oxygens (including phenoxy) is 3. The van der Waals surface area contributed by atoms with E-state index in [2.05, 4.69) is 0 Å². The first-order chi connectivity index (χ1) is 16.5. The fraction of sp³-hybridized carbons (Fsp3) is 0.423. The summed E-state index contributed by atoms with van der Waals surface area (Å²) in [6, 6.07) is 10.4. The van der Waals surface area contributed by atoms with Gasteiger partial charge in [0.15, 0.2) is 11.5 Å².